The highest BCUT2D eigenvalue weighted by Gasteiger charge is 2.15. The molecule has 1 aromatic heterocycles. The SMILES string of the molecule is CCc1cc(=O)n(CC(=O)Nc2c(C)cccc2CC)c(-c2ccc(F)cc2)n1. The zero-order valence-electron chi connectivity index (χ0n) is 16.8. The van der Waals surface area contributed by atoms with Crippen molar-refractivity contribution in [1.29, 1.82) is 0 Å². The van der Waals surface area contributed by atoms with E-state index in [-0.39, 0.29) is 23.8 Å². The Balaban J connectivity index is 1.97. The molecule has 3 aromatic rings. The number of amides is 1. The molecular formula is C23H24FN3O2. The average Bonchev–Trinajstić information content (AvgIpc) is 2.71. The van der Waals surface area contributed by atoms with Crippen molar-refractivity contribution in [2.45, 2.75) is 40.2 Å². The molecule has 0 aliphatic heterocycles. The highest BCUT2D eigenvalue weighted by Crippen LogP contribution is 2.22. The van der Waals surface area contributed by atoms with Crippen LogP contribution in [-0.4, -0.2) is 15.5 Å². The molecule has 1 N–H and O–H groups in total. The summed E-state index contributed by atoms with van der Waals surface area (Å²) in [4.78, 5) is 30.0. The van der Waals surface area contributed by atoms with Crippen molar-refractivity contribution in [3.05, 3.63) is 81.5 Å². The van der Waals surface area contributed by atoms with E-state index >= 15 is 0 Å². The van der Waals surface area contributed by atoms with Crippen molar-refractivity contribution in [3.8, 4) is 11.4 Å². The van der Waals surface area contributed by atoms with E-state index < -0.39 is 0 Å². The standard InChI is InChI=1S/C23H24FN3O2/c1-4-16-8-6-7-15(3)22(16)26-20(28)14-27-21(29)13-19(5-2)25-23(27)17-9-11-18(24)12-10-17/h6-13H,4-5,14H2,1-3H3,(H,26,28). The van der Waals surface area contributed by atoms with Gasteiger partial charge in [-0.15, -0.1) is 0 Å². The fourth-order valence-corrected chi connectivity index (χ4v) is 3.23. The van der Waals surface area contributed by atoms with Crippen LogP contribution in [0.1, 0.15) is 30.7 Å². The molecule has 0 atom stereocenters. The number of hydrogen-bond donors (Lipinski definition) is 1. The highest BCUT2D eigenvalue weighted by molar-refractivity contribution is 5.92. The molecule has 0 radical (unpaired) electrons. The molecule has 5 nitrogen and oxygen atoms in total. The van der Waals surface area contributed by atoms with Crippen molar-refractivity contribution >= 4 is 11.6 Å². The molecule has 0 saturated heterocycles. The number of para-hydroxylation sites is 1. The number of aromatic nitrogens is 2. The molecule has 150 valence electrons. The van der Waals surface area contributed by atoms with Gasteiger partial charge in [0, 0.05) is 23.0 Å². The van der Waals surface area contributed by atoms with E-state index in [1.54, 1.807) is 12.1 Å². The zero-order chi connectivity index (χ0) is 21.0. The maximum atomic E-state index is 13.3. The second kappa shape index (κ2) is 8.82. The molecule has 2 aromatic carbocycles. The summed E-state index contributed by atoms with van der Waals surface area (Å²) < 4.78 is 14.7. The topological polar surface area (TPSA) is 64.0 Å². The lowest BCUT2D eigenvalue weighted by molar-refractivity contribution is -0.116. The lowest BCUT2D eigenvalue weighted by Gasteiger charge is -2.16. The Morgan fingerprint density at radius 3 is 2.48 bits per heavy atom. The summed E-state index contributed by atoms with van der Waals surface area (Å²) in [5.74, 6) is -0.339. The molecule has 0 fully saturated rings. The van der Waals surface area contributed by atoms with Gasteiger partial charge in [0.05, 0.1) is 0 Å². The molecule has 0 saturated carbocycles. The van der Waals surface area contributed by atoms with Gasteiger partial charge >= 0.3 is 0 Å². The normalized spacial score (nSPS) is 10.8. The van der Waals surface area contributed by atoms with E-state index in [0.717, 1.165) is 23.2 Å². The van der Waals surface area contributed by atoms with Gasteiger partial charge in [-0.25, -0.2) is 9.37 Å². The summed E-state index contributed by atoms with van der Waals surface area (Å²) in [5.41, 5.74) is 3.66. The van der Waals surface area contributed by atoms with E-state index in [4.69, 9.17) is 0 Å². The first-order chi connectivity index (χ1) is 13.9. The van der Waals surface area contributed by atoms with E-state index in [0.29, 0.717) is 23.5 Å². The van der Waals surface area contributed by atoms with Crippen molar-refractivity contribution in [1.82, 2.24) is 9.55 Å². The maximum absolute atomic E-state index is 13.3. The Morgan fingerprint density at radius 2 is 1.83 bits per heavy atom. The molecule has 0 aliphatic rings. The Hall–Kier alpha value is -3.28. The molecule has 29 heavy (non-hydrogen) atoms. The van der Waals surface area contributed by atoms with Gasteiger partial charge in [-0.2, -0.15) is 0 Å². The third-order valence-corrected chi connectivity index (χ3v) is 4.83. The molecule has 0 spiro atoms. The first kappa shape index (κ1) is 20.5. The van der Waals surface area contributed by atoms with Crippen LogP contribution in [0.15, 0.2) is 53.3 Å². The molecule has 0 unspecified atom stereocenters. The summed E-state index contributed by atoms with van der Waals surface area (Å²) in [5, 5.41) is 2.94. The van der Waals surface area contributed by atoms with Crippen molar-refractivity contribution in [3.63, 3.8) is 0 Å². The van der Waals surface area contributed by atoms with Crippen LogP contribution in [-0.2, 0) is 24.2 Å². The van der Waals surface area contributed by atoms with Gasteiger partial charge in [0.1, 0.15) is 18.2 Å². The van der Waals surface area contributed by atoms with Crippen LogP contribution in [0.25, 0.3) is 11.4 Å². The van der Waals surface area contributed by atoms with Crippen LogP contribution in [0, 0.1) is 12.7 Å². The number of benzene rings is 2. The summed E-state index contributed by atoms with van der Waals surface area (Å²) in [6.07, 6.45) is 1.37. The number of nitrogens with zero attached hydrogens (tertiary/aromatic N) is 2. The summed E-state index contributed by atoms with van der Waals surface area (Å²) in [6, 6.07) is 13.0. The fourth-order valence-electron chi connectivity index (χ4n) is 3.23. The van der Waals surface area contributed by atoms with Crippen LogP contribution in [0.2, 0.25) is 0 Å². The van der Waals surface area contributed by atoms with Gasteiger partial charge in [-0.1, -0.05) is 32.0 Å². The Bertz CT molecular complexity index is 1090. The third-order valence-electron chi connectivity index (χ3n) is 4.83. The summed E-state index contributed by atoms with van der Waals surface area (Å²) in [6.45, 7) is 5.68. The van der Waals surface area contributed by atoms with Gasteiger partial charge in [-0.05, 0) is 55.2 Å². The van der Waals surface area contributed by atoms with Crippen LogP contribution < -0.4 is 10.9 Å². The van der Waals surface area contributed by atoms with Gasteiger partial charge in [0.2, 0.25) is 5.91 Å². The number of halogens is 1. The highest BCUT2D eigenvalue weighted by atomic mass is 19.1. The van der Waals surface area contributed by atoms with Crippen LogP contribution in [0.5, 0.6) is 0 Å². The number of carbonyl (C=O) groups excluding carboxylic acids is 1. The van der Waals surface area contributed by atoms with Crippen molar-refractivity contribution < 1.29 is 9.18 Å². The molecule has 3 rings (SSSR count). The Kier molecular flexibility index (Phi) is 6.22. The molecule has 6 heteroatoms. The fraction of sp³-hybridized carbons (Fsp3) is 0.261. The average molecular weight is 393 g/mol. The van der Waals surface area contributed by atoms with E-state index in [2.05, 4.69) is 10.3 Å². The van der Waals surface area contributed by atoms with E-state index in [9.17, 15) is 14.0 Å². The monoisotopic (exact) mass is 393 g/mol. The zero-order valence-corrected chi connectivity index (χ0v) is 16.8. The predicted molar refractivity (Wildman–Crippen MR) is 112 cm³/mol. The number of hydrogen-bond acceptors (Lipinski definition) is 3. The maximum Gasteiger partial charge on any atom is 0.254 e. The quantitative estimate of drug-likeness (QED) is 0.685. The molecule has 0 aliphatic carbocycles. The first-order valence-corrected chi connectivity index (χ1v) is 9.68. The minimum absolute atomic E-state index is 0.181. The van der Waals surface area contributed by atoms with Crippen molar-refractivity contribution in [2.75, 3.05) is 5.32 Å². The number of rotatable bonds is 6. The van der Waals surface area contributed by atoms with Gasteiger partial charge in [0.15, 0.2) is 0 Å². The smallest absolute Gasteiger partial charge is 0.254 e. The molecule has 0 bridgehead atoms. The van der Waals surface area contributed by atoms with Gasteiger partial charge < -0.3 is 5.32 Å². The molecular weight excluding hydrogens is 369 g/mol. The van der Waals surface area contributed by atoms with E-state index in [1.165, 1.54) is 22.8 Å². The summed E-state index contributed by atoms with van der Waals surface area (Å²) >= 11 is 0. The number of carbonyl (C=O) groups is 1. The number of aryl methyl sites for hydroxylation is 3. The van der Waals surface area contributed by atoms with Crippen molar-refractivity contribution in [2.24, 2.45) is 0 Å². The lowest BCUT2D eigenvalue weighted by atomic mass is 10.1. The Labute approximate surface area is 169 Å². The third kappa shape index (κ3) is 4.59. The molecule has 1 amide bonds. The second-order valence-electron chi connectivity index (χ2n) is 6.87. The number of anilines is 1. The Morgan fingerprint density at radius 1 is 1.10 bits per heavy atom. The van der Waals surface area contributed by atoms with E-state index in [1.807, 2.05) is 39.0 Å². The van der Waals surface area contributed by atoms with Crippen LogP contribution in [0.4, 0.5) is 10.1 Å². The first-order valence-electron chi connectivity index (χ1n) is 9.68. The minimum Gasteiger partial charge on any atom is -0.324 e. The predicted octanol–water partition coefficient (Wildman–Crippen LogP) is 4.12. The van der Waals surface area contributed by atoms with Gasteiger partial charge in [-0.3, -0.25) is 14.2 Å². The number of nitrogens with one attached hydrogen (secondary N) is 1. The van der Waals surface area contributed by atoms with Crippen LogP contribution >= 0.6 is 0 Å². The molecule has 1 heterocycles. The largest absolute Gasteiger partial charge is 0.324 e. The second-order valence-corrected chi connectivity index (χ2v) is 6.87. The van der Waals surface area contributed by atoms with Gasteiger partial charge in [0.25, 0.3) is 5.56 Å². The summed E-state index contributed by atoms with van der Waals surface area (Å²) in [7, 11) is 0. The van der Waals surface area contributed by atoms with Crippen LogP contribution in [0.3, 0.4) is 0 Å². The minimum atomic E-state index is -0.376. The lowest BCUT2D eigenvalue weighted by Crippen LogP contribution is -2.30.